The summed E-state index contributed by atoms with van der Waals surface area (Å²) in [5.41, 5.74) is 5.65. The molecule has 30 heavy (non-hydrogen) atoms. The Hall–Kier alpha value is -2.39. The number of benzene rings is 1. The standard InChI is InChI=1S/C21H28N4O4S/c26-13-3-1-2-11-25-12-10-19(23-25)30(28,29)24-21(27)22-20-17-8-4-6-15(17)14-16-7-5-9-18(16)20/h10,12,14,26H,1-9,11,13H2,(H2,22,24,27). The first kappa shape index (κ1) is 20.9. The average Bonchev–Trinajstić information content (AvgIpc) is 3.44. The minimum Gasteiger partial charge on any atom is -0.396 e. The van der Waals surface area contributed by atoms with Crippen molar-refractivity contribution in [2.45, 2.75) is 69.4 Å². The maximum absolute atomic E-state index is 12.6. The van der Waals surface area contributed by atoms with Crippen LogP contribution in [0.3, 0.4) is 0 Å². The first-order chi connectivity index (χ1) is 14.5. The van der Waals surface area contributed by atoms with Gasteiger partial charge in [0.15, 0.2) is 5.03 Å². The highest BCUT2D eigenvalue weighted by atomic mass is 32.2. The van der Waals surface area contributed by atoms with Crippen molar-refractivity contribution in [3.8, 4) is 0 Å². The highest BCUT2D eigenvalue weighted by Gasteiger charge is 2.27. The fourth-order valence-corrected chi connectivity index (χ4v) is 5.31. The number of fused-ring (bicyclic) bond motifs is 2. The van der Waals surface area contributed by atoms with Crippen molar-refractivity contribution < 1.29 is 18.3 Å². The van der Waals surface area contributed by atoms with Crippen molar-refractivity contribution in [2.24, 2.45) is 0 Å². The lowest BCUT2D eigenvalue weighted by Gasteiger charge is -2.16. The maximum Gasteiger partial charge on any atom is 0.333 e. The van der Waals surface area contributed by atoms with E-state index in [1.165, 1.54) is 17.2 Å². The number of nitrogens with one attached hydrogen (secondary N) is 2. The quantitative estimate of drug-likeness (QED) is 0.555. The van der Waals surface area contributed by atoms with Crippen LogP contribution in [0.2, 0.25) is 0 Å². The number of aliphatic hydroxyl groups is 1. The molecule has 0 bridgehead atoms. The van der Waals surface area contributed by atoms with E-state index < -0.39 is 16.1 Å². The molecule has 2 amide bonds. The third-order valence-electron chi connectivity index (χ3n) is 5.88. The summed E-state index contributed by atoms with van der Waals surface area (Å²) >= 11 is 0. The number of aliphatic hydroxyl groups excluding tert-OH is 1. The molecule has 8 nitrogen and oxygen atoms in total. The Balaban J connectivity index is 1.44. The van der Waals surface area contributed by atoms with Crippen molar-refractivity contribution in [3.63, 3.8) is 0 Å². The number of anilines is 1. The van der Waals surface area contributed by atoms with Crippen molar-refractivity contribution in [3.05, 3.63) is 40.6 Å². The monoisotopic (exact) mass is 432 g/mol. The van der Waals surface area contributed by atoms with Crippen LogP contribution in [0.5, 0.6) is 0 Å². The van der Waals surface area contributed by atoms with Crippen LogP contribution in [0.15, 0.2) is 23.4 Å². The molecule has 1 heterocycles. The Kier molecular flexibility index (Phi) is 6.10. The van der Waals surface area contributed by atoms with Crippen molar-refractivity contribution in [1.29, 1.82) is 0 Å². The van der Waals surface area contributed by atoms with Crippen LogP contribution in [-0.4, -0.2) is 35.9 Å². The smallest absolute Gasteiger partial charge is 0.333 e. The molecule has 0 fully saturated rings. The van der Waals surface area contributed by atoms with E-state index in [1.807, 2.05) is 0 Å². The van der Waals surface area contributed by atoms with Gasteiger partial charge in [0.05, 0.1) is 0 Å². The first-order valence-electron chi connectivity index (χ1n) is 10.6. The number of hydrogen-bond acceptors (Lipinski definition) is 5. The zero-order valence-corrected chi connectivity index (χ0v) is 17.8. The molecular formula is C21H28N4O4S. The van der Waals surface area contributed by atoms with Crippen LogP contribution in [-0.2, 0) is 42.3 Å². The number of carbonyl (C=O) groups is 1. The largest absolute Gasteiger partial charge is 0.396 e. The third kappa shape index (κ3) is 4.37. The molecule has 162 valence electrons. The highest BCUT2D eigenvalue weighted by molar-refractivity contribution is 7.90. The van der Waals surface area contributed by atoms with Gasteiger partial charge in [-0.2, -0.15) is 13.5 Å². The number of hydrogen-bond donors (Lipinski definition) is 3. The molecule has 0 unspecified atom stereocenters. The van der Waals surface area contributed by atoms with Gasteiger partial charge >= 0.3 is 6.03 Å². The second-order valence-corrected chi connectivity index (χ2v) is 9.62. The van der Waals surface area contributed by atoms with Crippen LogP contribution in [0, 0.1) is 0 Å². The van der Waals surface area contributed by atoms with Gasteiger partial charge in [0.1, 0.15) is 0 Å². The van der Waals surface area contributed by atoms with E-state index in [1.54, 1.807) is 10.9 Å². The van der Waals surface area contributed by atoms with E-state index in [-0.39, 0.29) is 11.6 Å². The molecule has 3 N–H and O–H groups in total. The van der Waals surface area contributed by atoms with Crippen LogP contribution in [0.1, 0.15) is 54.4 Å². The number of aromatic nitrogens is 2. The highest BCUT2D eigenvalue weighted by Crippen LogP contribution is 2.38. The summed E-state index contributed by atoms with van der Waals surface area (Å²) in [6.45, 7) is 0.704. The number of amides is 2. The number of unbranched alkanes of at least 4 members (excludes halogenated alkanes) is 2. The number of rotatable bonds is 8. The number of carbonyl (C=O) groups excluding carboxylic acids is 1. The van der Waals surface area contributed by atoms with E-state index in [2.05, 4.69) is 21.2 Å². The zero-order chi connectivity index (χ0) is 21.1. The molecule has 0 aliphatic heterocycles. The van der Waals surface area contributed by atoms with E-state index in [4.69, 9.17) is 5.11 Å². The van der Waals surface area contributed by atoms with Crippen LogP contribution in [0.4, 0.5) is 10.5 Å². The molecule has 4 rings (SSSR count). The number of urea groups is 1. The maximum atomic E-state index is 12.6. The predicted molar refractivity (Wildman–Crippen MR) is 113 cm³/mol. The molecule has 2 aliphatic rings. The average molecular weight is 433 g/mol. The molecule has 2 aliphatic carbocycles. The zero-order valence-electron chi connectivity index (χ0n) is 17.0. The minimum atomic E-state index is -4.06. The molecule has 2 aromatic rings. The molecule has 1 aromatic carbocycles. The van der Waals surface area contributed by atoms with Gasteiger partial charge in [-0.1, -0.05) is 6.07 Å². The summed E-state index contributed by atoms with van der Waals surface area (Å²) < 4.78 is 28.9. The van der Waals surface area contributed by atoms with Crippen LogP contribution < -0.4 is 10.0 Å². The second kappa shape index (κ2) is 8.77. The van der Waals surface area contributed by atoms with E-state index in [0.29, 0.717) is 13.0 Å². The van der Waals surface area contributed by atoms with E-state index >= 15 is 0 Å². The normalized spacial score (nSPS) is 15.1. The summed E-state index contributed by atoms with van der Waals surface area (Å²) in [6, 6.07) is 2.90. The summed E-state index contributed by atoms with van der Waals surface area (Å²) in [6.07, 6.45) is 9.87. The molecule has 1 aromatic heterocycles. The lowest BCUT2D eigenvalue weighted by molar-refractivity contribution is 0.256. The topological polar surface area (TPSA) is 113 Å². The molecule has 0 atom stereocenters. The Morgan fingerprint density at radius 3 is 2.43 bits per heavy atom. The Morgan fingerprint density at radius 2 is 1.77 bits per heavy atom. The van der Waals surface area contributed by atoms with Crippen molar-refractivity contribution >= 4 is 21.7 Å². The van der Waals surface area contributed by atoms with E-state index in [9.17, 15) is 13.2 Å². The fraction of sp³-hybridized carbons (Fsp3) is 0.524. The fourth-order valence-electron chi connectivity index (χ4n) is 4.45. The predicted octanol–water partition coefficient (Wildman–Crippen LogP) is 2.53. The van der Waals surface area contributed by atoms with Crippen molar-refractivity contribution in [1.82, 2.24) is 14.5 Å². The third-order valence-corrected chi connectivity index (χ3v) is 7.10. The molecule has 0 spiro atoms. The minimum absolute atomic E-state index is 0.144. The Morgan fingerprint density at radius 1 is 1.07 bits per heavy atom. The van der Waals surface area contributed by atoms with Gasteiger partial charge in [0.25, 0.3) is 10.0 Å². The summed E-state index contributed by atoms with van der Waals surface area (Å²) in [5.74, 6) is 0. The summed E-state index contributed by atoms with van der Waals surface area (Å²) in [5, 5.41) is 15.6. The lowest BCUT2D eigenvalue weighted by Crippen LogP contribution is -2.35. The first-order valence-corrected chi connectivity index (χ1v) is 12.1. The molecule has 9 heteroatoms. The SMILES string of the molecule is O=C(Nc1c2c(cc3c1CCC3)CCC2)NS(=O)(=O)c1ccn(CCCCCO)n1. The van der Waals surface area contributed by atoms with Crippen molar-refractivity contribution in [2.75, 3.05) is 11.9 Å². The van der Waals surface area contributed by atoms with Gasteiger partial charge in [-0.05, 0) is 86.1 Å². The Bertz CT molecular complexity index is 1010. The van der Waals surface area contributed by atoms with Crippen LogP contribution in [0.25, 0.3) is 0 Å². The summed E-state index contributed by atoms with van der Waals surface area (Å²) in [7, 11) is -4.06. The molecule has 0 saturated heterocycles. The number of nitrogens with zero attached hydrogens (tertiary/aromatic N) is 2. The second-order valence-electron chi connectivity index (χ2n) is 7.99. The van der Waals surface area contributed by atoms with Gasteiger partial charge in [0, 0.05) is 25.0 Å². The van der Waals surface area contributed by atoms with Gasteiger partial charge in [-0.3, -0.25) is 4.68 Å². The number of aryl methyl sites for hydroxylation is 3. The lowest BCUT2D eigenvalue weighted by atomic mass is 9.99. The van der Waals surface area contributed by atoms with Gasteiger partial charge in [-0.25, -0.2) is 9.52 Å². The van der Waals surface area contributed by atoms with Gasteiger partial charge < -0.3 is 10.4 Å². The van der Waals surface area contributed by atoms with E-state index in [0.717, 1.165) is 68.2 Å². The Labute approximate surface area is 176 Å². The van der Waals surface area contributed by atoms with Gasteiger partial charge in [-0.15, -0.1) is 0 Å². The number of sulfonamides is 1. The molecule has 0 saturated carbocycles. The molecular weight excluding hydrogens is 404 g/mol. The molecule has 0 radical (unpaired) electrons. The summed E-state index contributed by atoms with van der Waals surface area (Å²) in [4.78, 5) is 12.6. The van der Waals surface area contributed by atoms with Gasteiger partial charge in [0.2, 0.25) is 0 Å². The van der Waals surface area contributed by atoms with Crippen LogP contribution >= 0.6 is 0 Å².